The lowest BCUT2D eigenvalue weighted by Crippen LogP contribution is -2.27. The summed E-state index contributed by atoms with van der Waals surface area (Å²) in [6.07, 6.45) is 2.45. The van der Waals surface area contributed by atoms with E-state index >= 15 is 0 Å². The van der Waals surface area contributed by atoms with Crippen LogP contribution in [-0.4, -0.2) is 27.1 Å². The summed E-state index contributed by atoms with van der Waals surface area (Å²) >= 11 is 1.53. The molecule has 112 valence electrons. The number of aromatic nitrogens is 2. The number of imidazole rings is 1. The fourth-order valence-corrected chi connectivity index (χ4v) is 2.91. The average Bonchev–Trinajstić information content (AvgIpc) is 3.02. The Balaban J connectivity index is 0.00000161. The molecule has 1 atom stereocenters. The van der Waals surface area contributed by atoms with Crippen molar-refractivity contribution < 1.29 is 9.50 Å². The Kier molecular flexibility index (Phi) is 4.95. The van der Waals surface area contributed by atoms with Crippen LogP contribution >= 0.6 is 23.7 Å². The summed E-state index contributed by atoms with van der Waals surface area (Å²) in [4.78, 5) is 5.45. The van der Waals surface area contributed by atoms with Crippen LogP contribution in [0.15, 0.2) is 35.8 Å². The molecule has 0 saturated carbocycles. The van der Waals surface area contributed by atoms with Crippen molar-refractivity contribution in [1.82, 2.24) is 9.38 Å². The molecule has 0 aliphatic heterocycles. The van der Waals surface area contributed by atoms with Gasteiger partial charge in [-0.05, 0) is 24.3 Å². The zero-order chi connectivity index (χ0) is 14.1. The lowest BCUT2D eigenvalue weighted by molar-refractivity contribution is 0.264. The van der Waals surface area contributed by atoms with Crippen LogP contribution in [0.3, 0.4) is 0 Å². The van der Waals surface area contributed by atoms with Crippen LogP contribution in [0.2, 0.25) is 0 Å². The molecule has 0 aliphatic carbocycles. The van der Waals surface area contributed by atoms with Gasteiger partial charge in [-0.3, -0.25) is 4.40 Å². The predicted octanol–water partition coefficient (Wildman–Crippen LogP) is 2.49. The molecule has 0 amide bonds. The Hall–Kier alpha value is -1.47. The molecule has 3 aromatic rings. The van der Waals surface area contributed by atoms with Crippen molar-refractivity contribution in [3.05, 3.63) is 47.4 Å². The number of thiazole rings is 1. The molecule has 1 unspecified atom stereocenters. The topological polar surface area (TPSA) is 63.5 Å². The van der Waals surface area contributed by atoms with Gasteiger partial charge in [-0.1, -0.05) is 0 Å². The highest BCUT2D eigenvalue weighted by atomic mass is 35.5. The Morgan fingerprint density at radius 3 is 2.71 bits per heavy atom. The van der Waals surface area contributed by atoms with Gasteiger partial charge in [-0.2, -0.15) is 0 Å². The third-order valence-electron chi connectivity index (χ3n) is 3.17. The molecule has 0 fully saturated rings. The Bertz CT molecular complexity index is 725. The molecular weight excluding hydrogens is 313 g/mol. The van der Waals surface area contributed by atoms with Crippen molar-refractivity contribution in [2.24, 2.45) is 5.73 Å². The highest BCUT2D eigenvalue weighted by Crippen LogP contribution is 2.27. The highest BCUT2D eigenvalue weighted by Gasteiger charge is 2.17. The monoisotopic (exact) mass is 327 g/mol. The molecule has 0 bridgehead atoms. The molecule has 0 spiro atoms. The van der Waals surface area contributed by atoms with Crippen LogP contribution in [0.4, 0.5) is 4.39 Å². The summed E-state index contributed by atoms with van der Waals surface area (Å²) < 4.78 is 15.0. The van der Waals surface area contributed by atoms with E-state index < -0.39 is 0 Å². The maximum absolute atomic E-state index is 13.0. The summed E-state index contributed by atoms with van der Waals surface area (Å²) in [6, 6.07) is 5.90. The van der Waals surface area contributed by atoms with Gasteiger partial charge in [0.25, 0.3) is 0 Å². The Morgan fingerprint density at radius 2 is 2.05 bits per heavy atom. The fraction of sp³-hybridized carbons (Fsp3) is 0.214. The number of benzene rings is 1. The molecule has 4 nitrogen and oxygen atoms in total. The van der Waals surface area contributed by atoms with Crippen molar-refractivity contribution in [3.63, 3.8) is 0 Å². The first-order valence-corrected chi connectivity index (χ1v) is 7.14. The number of rotatable bonds is 4. The van der Waals surface area contributed by atoms with Crippen LogP contribution in [-0.2, 0) is 6.42 Å². The summed E-state index contributed by atoms with van der Waals surface area (Å²) in [5, 5.41) is 11.1. The smallest absolute Gasteiger partial charge is 0.194 e. The van der Waals surface area contributed by atoms with Gasteiger partial charge in [-0.25, -0.2) is 9.37 Å². The number of fused-ring (bicyclic) bond motifs is 1. The van der Waals surface area contributed by atoms with Gasteiger partial charge in [0, 0.05) is 29.6 Å². The number of nitrogens with zero attached hydrogens (tertiary/aromatic N) is 2. The standard InChI is InChI=1S/C14H14FN3OS.ClH/c15-10-3-1-9(2-4-10)13-12(7-11(16)8-19)18-5-6-20-14(18)17-13;/h1-6,11,19H,7-8,16H2;1H. The van der Waals surface area contributed by atoms with Crippen molar-refractivity contribution in [3.8, 4) is 11.3 Å². The predicted molar refractivity (Wildman–Crippen MR) is 84.5 cm³/mol. The third-order valence-corrected chi connectivity index (χ3v) is 3.93. The van der Waals surface area contributed by atoms with Crippen molar-refractivity contribution >= 4 is 28.7 Å². The van der Waals surface area contributed by atoms with Crippen LogP contribution < -0.4 is 5.73 Å². The maximum atomic E-state index is 13.0. The van der Waals surface area contributed by atoms with E-state index in [2.05, 4.69) is 4.98 Å². The maximum Gasteiger partial charge on any atom is 0.194 e. The second-order valence-corrected chi connectivity index (χ2v) is 5.49. The zero-order valence-electron chi connectivity index (χ0n) is 11.1. The number of halogens is 2. The molecule has 2 heterocycles. The highest BCUT2D eigenvalue weighted by molar-refractivity contribution is 7.15. The molecule has 2 aromatic heterocycles. The fourth-order valence-electron chi connectivity index (χ4n) is 2.18. The summed E-state index contributed by atoms with van der Waals surface area (Å²) in [5.41, 5.74) is 8.43. The summed E-state index contributed by atoms with van der Waals surface area (Å²) in [5.74, 6) is -0.275. The average molecular weight is 328 g/mol. The van der Waals surface area contributed by atoms with E-state index in [0.717, 1.165) is 21.9 Å². The van der Waals surface area contributed by atoms with Gasteiger partial charge >= 0.3 is 0 Å². The second-order valence-electron chi connectivity index (χ2n) is 4.62. The Labute approximate surface area is 131 Å². The van der Waals surface area contributed by atoms with Crippen molar-refractivity contribution in [2.75, 3.05) is 6.61 Å². The molecular formula is C14H15ClFN3OS. The number of nitrogens with two attached hydrogens (primary N) is 1. The minimum atomic E-state index is -0.339. The SMILES string of the molecule is Cl.NC(CO)Cc1c(-c2ccc(F)cc2)nc2sccn12. The van der Waals surface area contributed by atoms with E-state index in [1.54, 1.807) is 12.1 Å². The molecule has 21 heavy (non-hydrogen) atoms. The van der Waals surface area contributed by atoms with E-state index in [1.165, 1.54) is 23.5 Å². The van der Waals surface area contributed by atoms with E-state index in [4.69, 9.17) is 10.8 Å². The molecule has 0 aliphatic rings. The molecule has 7 heteroatoms. The van der Waals surface area contributed by atoms with Crippen LogP contribution in [0.25, 0.3) is 16.2 Å². The number of aliphatic hydroxyl groups is 1. The van der Waals surface area contributed by atoms with Gasteiger partial charge in [0.2, 0.25) is 0 Å². The first-order chi connectivity index (χ1) is 9.69. The lowest BCUT2D eigenvalue weighted by Gasteiger charge is -2.09. The molecule has 1 aromatic carbocycles. The van der Waals surface area contributed by atoms with Gasteiger partial charge in [0.1, 0.15) is 5.82 Å². The van der Waals surface area contributed by atoms with E-state index in [-0.39, 0.29) is 30.9 Å². The number of hydrogen-bond donors (Lipinski definition) is 2. The third kappa shape index (κ3) is 3.08. The molecule has 3 N–H and O–H groups in total. The van der Waals surface area contributed by atoms with Gasteiger partial charge in [0.15, 0.2) is 4.96 Å². The first kappa shape index (κ1) is 15.9. The van der Waals surface area contributed by atoms with Gasteiger partial charge in [-0.15, -0.1) is 23.7 Å². The Morgan fingerprint density at radius 1 is 1.33 bits per heavy atom. The minimum absolute atomic E-state index is 0. The minimum Gasteiger partial charge on any atom is -0.395 e. The normalized spacial score (nSPS) is 12.3. The van der Waals surface area contributed by atoms with Crippen LogP contribution in [0.1, 0.15) is 5.69 Å². The van der Waals surface area contributed by atoms with Crippen LogP contribution in [0, 0.1) is 5.82 Å². The number of hydrogen-bond acceptors (Lipinski definition) is 4. The largest absolute Gasteiger partial charge is 0.395 e. The van der Waals surface area contributed by atoms with Crippen LogP contribution in [0.5, 0.6) is 0 Å². The van der Waals surface area contributed by atoms with E-state index in [0.29, 0.717) is 6.42 Å². The van der Waals surface area contributed by atoms with Gasteiger partial charge in [0.05, 0.1) is 18.0 Å². The summed E-state index contributed by atoms with van der Waals surface area (Å²) in [6.45, 7) is -0.0831. The lowest BCUT2D eigenvalue weighted by atomic mass is 10.1. The molecule has 0 radical (unpaired) electrons. The second kappa shape index (κ2) is 6.53. The molecule has 3 rings (SSSR count). The van der Waals surface area contributed by atoms with Gasteiger partial charge < -0.3 is 10.8 Å². The first-order valence-electron chi connectivity index (χ1n) is 6.26. The van der Waals surface area contributed by atoms with E-state index in [1.807, 2.05) is 16.0 Å². The molecule has 0 saturated heterocycles. The van der Waals surface area contributed by atoms with E-state index in [9.17, 15) is 4.39 Å². The zero-order valence-corrected chi connectivity index (χ0v) is 12.7. The summed E-state index contributed by atoms with van der Waals surface area (Å²) in [7, 11) is 0. The van der Waals surface area contributed by atoms with Crippen molar-refractivity contribution in [2.45, 2.75) is 12.5 Å². The quantitative estimate of drug-likeness (QED) is 0.774. The van der Waals surface area contributed by atoms with Crippen molar-refractivity contribution in [1.29, 1.82) is 0 Å². The number of aliphatic hydroxyl groups excluding tert-OH is 1.